The van der Waals surface area contributed by atoms with Gasteiger partial charge in [0.15, 0.2) is 5.65 Å². The molecule has 5 aromatic heterocycles. The molecule has 43 heavy (non-hydrogen) atoms. The average molecular weight is 566 g/mol. The summed E-state index contributed by atoms with van der Waals surface area (Å²) in [7, 11) is 0. The molecule has 0 saturated carbocycles. The van der Waals surface area contributed by atoms with Crippen molar-refractivity contribution in [1.82, 2.24) is 14.4 Å². The minimum Gasteiger partial charge on any atom is -0.456 e. The molecule has 0 spiro atoms. The summed E-state index contributed by atoms with van der Waals surface area (Å²) in [4.78, 5) is 10.3. The molecule has 0 atom stereocenters. The predicted octanol–water partition coefficient (Wildman–Crippen LogP) is 10.7. The molecule has 0 N–H and O–H groups in total. The highest BCUT2D eigenvalue weighted by molar-refractivity contribution is 7.25. The smallest absolute Gasteiger partial charge is 0.165 e. The Kier molecular flexibility index (Phi) is 3.94. The van der Waals surface area contributed by atoms with E-state index in [0.29, 0.717) is 0 Å². The first-order valence-electron chi connectivity index (χ1n) is 14.4. The van der Waals surface area contributed by atoms with Gasteiger partial charge < -0.3 is 4.42 Å². The summed E-state index contributed by atoms with van der Waals surface area (Å²) in [6, 6.07) is 41.0. The minimum absolute atomic E-state index is 0.877. The second kappa shape index (κ2) is 7.65. The Morgan fingerprint density at radius 3 is 2.16 bits per heavy atom. The third-order valence-electron chi connectivity index (χ3n) is 9.10. The van der Waals surface area contributed by atoms with E-state index in [1.165, 1.54) is 42.1 Å². The zero-order valence-electron chi connectivity index (χ0n) is 22.6. The van der Waals surface area contributed by atoms with Crippen LogP contribution < -0.4 is 0 Å². The van der Waals surface area contributed by atoms with E-state index in [0.717, 1.165) is 60.6 Å². The summed E-state index contributed by atoms with van der Waals surface area (Å²) in [6.07, 6.45) is 0. The number of hydrogen-bond donors (Lipinski definition) is 0. The zero-order chi connectivity index (χ0) is 27.8. The van der Waals surface area contributed by atoms with Crippen molar-refractivity contribution < 1.29 is 4.42 Å². The van der Waals surface area contributed by atoms with Crippen LogP contribution in [0.5, 0.6) is 0 Å². The molecule has 0 unspecified atom stereocenters. The van der Waals surface area contributed by atoms with Gasteiger partial charge in [-0.3, -0.25) is 4.40 Å². The third-order valence-corrected chi connectivity index (χ3v) is 10.3. The van der Waals surface area contributed by atoms with Gasteiger partial charge in [0.25, 0.3) is 0 Å². The van der Waals surface area contributed by atoms with Crippen LogP contribution in [0.2, 0.25) is 0 Å². The molecule has 6 aromatic carbocycles. The van der Waals surface area contributed by atoms with Gasteiger partial charge in [-0.1, -0.05) is 60.7 Å². The molecule has 0 radical (unpaired) electrons. The fourth-order valence-electron chi connectivity index (χ4n) is 7.24. The molecule has 0 bridgehead atoms. The van der Waals surface area contributed by atoms with E-state index in [-0.39, 0.29) is 0 Å². The topological polar surface area (TPSA) is 43.3 Å². The number of para-hydroxylation sites is 3. The SMILES string of the molecule is c1ccc2nc3c(nc2c1)c1cc2oc4ccccc4c2c2c4cc(-c5ccc6sc7ccccc7c6c5)ccc4n3c12. The third kappa shape index (κ3) is 2.75. The first-order chi connectivity index (χ1) is 21.3. The Labute approximate surface area is 247 Å². The van der Waals surface area contributed by atoms with Crippen molar-refractivity contribution in [2.75, 3.05) is 0 Å². The fourth-order valence-corrected chi connectivity index (χ4v) is 8.32. The van der Waals surface area contributed by atoms with Gasteiger partial charge in [0.1, 0.15) is 16.7 Å². The van der Waals surface area contributed by atoms with E-state index in [9.17, 15) is 0 Å². The van der Waals surface area contributed by atoms with Crippen LogP contribution in [0, 0.1) is 0 Å². The van der Waals surface area contributed by atoms with E-state index >= 15 is 0 Å². The Hall–Kier alpha value is -5.52. The second-order valence-electron chi connectivity index (χ2n) is 11.4. The lowest BCUT2D eigenvalue weighted by atomic mass is 9.98. The maximum atomic E-state index is 6.49. The summed E-state index contributed by atoms with van der Waals surface area (Å²) in [5.74, 6) is 0. The highest BCUT2D eigenvalue weighted by Crippen LogP contribution is 2.46. The van der Waals surface area contributed by atoms with E-state index in [1.807, 2.05) is 41.7 Å². The number of benzene rings is 6. The van der Waals surface area contributed by atoms with Crippen LogP contribution in [-0.2, 0) is 0 Å². The summed E-state index contributed by atoms with van der Waals surface area (Å²) in [5, 5.41) is 8.35. The van der Waals surface area contributed by atoms with Crippen molar-refractivity contribution in [2.45, 2.75) is 0 Å². The number of thiophene rings is 1. The van der Waals surface area contributed by atoms with E-state index in [4.69, 9.17) is 14.4 Å². The van der Waals surface area contributed by atoms with E-state index < -0.39 is 0 Å². The first kappa shape index (κ1) is 22.1. The van der Waals surface area contributed by atoms with Crippen LogP contribution in [0.15, 0.2) is 120 Å². The average Bonchev–Trinajstić information content (AvgIpc) is 3.79. The molecule has 0 aliphatic heterocycles. The van der Waals surface area contributed by atoms with Crippen molar-refractivity contribution in [3.63, 3.8) is 0 Å². The van der Waals surface area contributed by atoms with Gasteiger partial charge in [0.05, 0.1) is 22.1 Å². The summed E-state index contributed by atoms with van der Waals surface area (Å²) >= 11 is 1.85. The number of fused-ring (bicyclic) bond motifs is 14. The van der Waals surface area contributed by atoms with Crippen molar-refractivity contribution in [3.05, 3.63) is 115 Å². The second-order valence-corrected chi connectivity index (χ2v) is 12.5. The number of aromatic nitrogens is 3. The minimum atomic E-state index is 0.877. The lowest BCUT2D eigenvalue weighted by Crippen LogP contribution is -1.89. The zero-order valence-corrected chi connectivity index (χ0v) is 23.4. The van der Waals surface area contributed by atoms with Crippen LogP contribution in [0.4, 0.5) is 0 Å². The molecule has 5 heterocycles. The Balaban J connectivity index is 1.31. The summed E-state index contributed by atoms with van der Waals surface area (Å²) in [6.45, 7) is 0. The van der Waals surface area contributed by atoms with Gasteiger partial charge in [-0.15, -0.1) is 11.3 Å². The molecule has 0 aliphatic rings. The van der Waals surface area contributed by atoms with Crippen LogP contribution in [-0.4, -0.2) is 14.4 Å². The highest BCUT2D eigenvalue weighted by Gasteiger charge is 2.25. The van der Waals surface area contributed by atoms with Crippen molar-refractivity contribution in [3.8, 4) is 11.1 Å². The molecular formula is C38H19N3OS. The number of nitrogens with zero attached hydrogens (tertiary/aromatic N) is 3. The lowest BCUT2D eigenvalue weighted by Gasteiger charge is -2.05. The standard InChI is InChI=1S/C38H19N3OS/c1-5-11-30-23(8-1)34-31(42-30)19-26-36-38(40-28-10-4-3-9-27(28)39-36)41-29-15-13-20(18-25(29)35(34)37(26)41)21-14-16-33-24(17-21)22-7-2-6-12-32(22)43-33/h1-19H. The van der Waals surface area contributed by atoms with Gasteiger partial charge in [0.2, 0.25) is 0 Å². The quantitative estimate of drug-likeness (QED) is 0.199. The van der Waals surface area contributed by atoms with E-state index in [2.05, 4.69) is 89.3 Å². The summed E-state index contributed by atoms with van der Waals surface area (Å²) < 4.78 is 11.4. The Bertz CT molecular complexity index is 2960. The molecule has 0 saturated heterocycles. The highest BCUT2D eigenvalue weighted by atomic mass is 32.1. The van der Waals surface area contributed by atoms with Gasteiger partial charge >= 0.3 is 0 Å². The number of hydrogen-bond acceptors (Lipinski definition) is 4. The van der Waals surface area contributed by atoms with Crippen LogP contribution in [0.3, 0.4) is 0 Å². The molecular weight excluding hydrogens is 547 g/mol. The van der Waals surface area contributed by atoms with Gasteiger partial charge in [-0.2, -0.15) is 0 Å². The van der Waals surface area contributed by atoms with Crippen molar-refractivity contribution in [1.29, 1.82) is 0 Å². The molecule has 11 rings (SSSR count). The monoisotopic (exact) mass is 565 g/mol. The number of furan rings is 1. The fraction of sp³-hybridized carbons (Fsp3) is 0. The van der Waals surface area contributed by atoms with Crippen LogP contribution in [0.25, 0.3) is 103 Å². The maximum absolute atomic E-state index is 6.49. The molecule has 198 valence electrons. The molecule has 0 aliphatic carbocycles. The Morgan fingerprint density at radius 2 is 1.26 bits per heavy atom. The Morgan fingerprint density at radius 1 is 0.535 bits per heavy atom. The van der Waals surface area contributed by atoms with Crippen LogP contribution >= 0.6 is 11.3 Å². The number of rotatable bonds is 1. The molecule has 5 heteroatoms. The molecule has 4 nitrogen and oxygen atoms in total. The van der Waals surface area contributed by atoms with Gasteiger partial charge in [-0.05, 0) is 65.7 Å². The normalized spacial score (nSPS) is 12.7. The van der Waals surface area contributed by atoms with Gasteiger partial charge in [0, 0.05) is 47.1 Å². The maximum Gasteiger partial charge on any atom is 0.165 e. The summed E-state index contributed by atoms with van der Waals surface area (Å²) in [5.41, 5.74) is 10.0. The van der Waals surface area contributed by atoms with Crippen molar-refractivity contribution in [2.24, 2.45) is 0 Å². The molecule has 0 fully saturated rings. The molecule has 11 aromatic rings. The van der Waals surface area contributed by atoms with E-state index in [1.54, 1.807) is 0 Å². The predicted molar refractivity (Wildman–Crippen MR) is 180 cm³/mol. The molecule has 0 amide bonds. The van der Waals surface area contributed by atoms with Gasteiger partial charge in [-0.25, -0.2) is 9.97 Å². The van der Waals surface area contributed by atoms with Crippen molar-refractivity contribution >= 4 is 103 Å². The first-order valence-corrected chi connectivity index (χ1v) is 15.2. The van der Waals surface area contributed by atoms with Crippen LogP contribution in [0.1, 0.15) is 0 Å². The largest absolute Gasteiger partial charge is 0.456 e. The lowest BCUT2D eigenvalue weighted by molar-refractivity contribution is 0.669.